The number of benzene rings is 1. The summed E-state index contributed by atoms with van der Waals surface area (Å²) in [5, 5.41) is 0. The van der Waals surface area contributed by atoms with E-state index in [4.69, 9.17) is 0 Å². The van der Waals surface area contributed by atoms with Crippen LogP contribution in [0.1, 0.15) is 24.4 Å². The van der Waals surface area contributed by atoms with Crippen molar-refractivity contribution in [1.29, 1.82) is 0 Å². The van der Waals surface area contributed by atoms with Gasteiger partial charge in [0, 0.05) is 12.1 Å². The maximum atomic E-state index is 3.95. The molecule has 0 radical (unpaired) electrons. The fourth-order valence-corrected chi connectivity index (χ4v) is 3.41. The van der Waals surface area contributed by atoms with Crippen LogP contribution in [-0.2, 0) is 0 Å². The highest BCUT2D eigenvalue weighted by Gasteiger charge is 2.34. The van der Waals surface area contributed by atoms with E-state index in [-0.39, 0.29) is 0 Å². The molecule has 0 unspecified atom stereocenters. The van der Waals surface area contributed by atoms with Crippen molar-refractivity contribution in [3.63, 3.8) is 0 Å². The Morgan fingerprint density at radius 2 is 1.73 bits per heavy atom. The molecule has 22 heavy (non-hydrogen) atoms. The molecule has 2 rings (SSSR count). The topological polar surface area (TPSA) is 3.24 Å². The monoisotopic (exact) mass is 291 g/mol. The number of hydrogen-bond acceptors (Lipinski definition) is 1. The molecule has 1 aromatic rings. The molecule has 0 aromatic heterocycles. The third-order valence-corrected chi connectivity index (χ3v) is 4.35. The molecule has 114 valence electrons. The van der Waals surface area contributed by atoms with Crippen LogP contribution in [0.25, 0.3) is 0 Å². The van der Waals surface area contributed by atoms with Crippen LogP contribution in [0.4, 0.5) is 0 Å². The van der Waals surface area contributed by atoms with E-state index >= 15 is 0 Å². The van der Waals surface area contributed by atoms with Gasteiger partial charge < -0.3 is 4.81 Å². The zero-order valence-electron chi connectivity index (χ0n) is 13.4. The first-order valence-electron chi connectivity index (χ1n) is 8.13. The van der Waals surface area contributed by atoms with Crippen molar-refractivity contribution in [3.05, 3.63) is 86.0 Å². The second kappa shape index (κ2) is 8.60. The van der Waals surface area contributed by atoms with Gasteiger partial charge in [-0.05, 0) is 31.0 Å². The van der Waals surface area contributed by atoms with Gasteiger partial charge in [-0.3, -0.25) is 0 Å². The summed E-state index contributed by atoms with van der Waals surface area (Å²) in [7, 11) is 0. The van der Waals surface area contributed by atoms with Gasteiger partial charge in [0.25, 0.3) is 0 Å². The molecular formula is C20H26BN. The minimum atomic E-state index is 0.324. The Morgan fingerprint density at radius 1 is 1.05 bits per heavy atom. The van der Waals surface area contributed by atoms with Crippen LogP contribution in [0.15, 0.2) is 80.4 Å². The molecule has 0 amide bonds. The molecule has 0 fully saturated rings. The van der Waals surface area contributed by atoms with Gasteiger partial charge in [0.1, 0.15) is 0 Å². The molecular weight excluding hydrogens is 265 g/mol. The van der Waals surface area contributed by atoms with Gasteiger partial charge in [0.05, 0.1) is 0 Å². The molecule has 0 bridgehead atoms. The Labute approximate surface area is 135 Å². The van der Waals surface area contributed by atoms with Crippen LogP contribution in [0.5, 0.6) is 0 Å². The van der Waals surface area contributed by atoms with E-state index in [1.54, 1.807) is 0 Å². The first-order chi connectivity index (χ1) is 10.8. The molecule has 0 aliphatic carbocycles. The van der Waals surface area contributed by atoms with Gasteiger partial charge in [-0.1, -0.05) is 60.7 Å². The third-order valence-electron chi connectivity index (χ3n) is 4.35. The van der Waals surface area contributed by atoms with Gasteiger partial charge in [-0.25, -0.2) is 0 Å². The highest BCUT2D eigenvalue weighted by Crippen LogP contribution is 2.34. The van der Waals surface area contributed by atoms with Gasteiger partial charge >= 0.3 is 0 Å². The summed E-state index contributed by atoms with van der Waals surface area (Å²) < 4.78 is 0. The summed E-state index contributed by atoms with van der Waals surface area (Å²) in [6.45, 7) is 12.3. The molecule has 1 aliphatic rings. The Kier molecular flexibility index (Phi) is 6.48. The average molecular weight is 291 g/mol. The first-order valence-corrected chi connectivity index (χ1v) is 8.13. The standard InChI is InChI=1S/C20H26BN/c1-4-11-19-14-10-15-20(18-12-8-7-9-13-18)22(19)21(16-5-2)17-6-3/h4-10,12-13,15,19-20H,1-3,11,14,16-17H2/t19-,20+/m1/s1. The quantitative estimate of drug-likeness (QED) is 0.464. The van der Waals surface area contributed by atoms with Crippen molar-refractivity contribution >= 4 is 6.85 Å². The maximum Gasteiger partial charge on any atom is 0.231 e. The van der Waals surface area contributed by atoms with Crippen molar-refractivity contribution in [2.24, 2.45) is 0 Å². The summed E-state index contributed by atoms with van der Waals surface area (Å²) in [4.78, 5) is 2.64. The fourth-order valence-electron chi connectivity index (χ4n) is 3.41. The summed E-state index contributed by atoms with van der Waals surface area (Å²) in [5.74, 6) is 0. The van der Waals surface area contributed by atoms with Crippen molar-refractivity contribution in [2.45, 2.75) is 37.6 Å². The number of rotatable bonds is 8. The number of nitrogens with zero attached hydrogens (tertiary/aromatic N) is 1. The number of hydrogen-bond donors (Lipinski definition) is 0. The second-order valence-corrected chi connectivity index (χ2v) is 5.85. The number of allylic oxidation sites excluding steroid dienone is 2. The summed E-state index contributed by atoms with van der Waals surface area (Å²) >= 11 is 0. The summed E-state index contributed by atoms with van der Waals surface area (Å²) in [5.41, 5.74) is 1.35. The molecule has 2 heteroatoms. The lowest BCUT2D eigenvalue weighted by molar-refractivity contribution is 0.268. The molecule has 2 atom stereocenters. The summed E-state index contributed by atoms with van der Waals surface area (Å²) in [6, 6.07) is 11.6. The molecule has 0 spiro atoms. The fraction of sp³-hybridized carbons (Fsp3) is 0.300. The van der Waals surface area contributed by atoms with Crippen LogP contribution >= 0.6 is 0 Å². The predicted molar refractivity (Wildman–Crippen MR) is 99.1 cm³/mol. The van der Waals surface area contributed by atoms with Crippen molar-refractivity contribution in [2.75, 3.05) is 0 Å². The molecule has 1 nitrogen and oxygen atoms in total. The molecule has 0 saturated heterocycles. The van der Waals surface area contributed by atoms with Crippen molar-refractivity contribution < 1.29 is 0 Å². The Morgan fingerprint density at radius 3 is 2.32 bits per heavy atom. The molecule has 0 N–H and O–H groups in total. The summed E-state index contributed by atoms with van der Waals surface area (Å²) in [6.07, 6.45) is 14.8. The van der Waals surface area contributed by atoms with E-state index in [0.29, 0.717) is 18.9 Å². The van der Waals surface area contributed by atoms with E-state index in [1.165, 1.54) is 5.56 Å². The molecule has 1 aliphatic heterocycles. The van der Waals surface area contributed by atoms with Crippen LogP contribution in [0.3, 0.4) is 0 Å². The normalized spacial score (nSPS) is 21.3. The Bertz CT molecular complexity index is 510. The van der Waals surface area contributed by atoms with E-state index < -0.39 is 0 Å². The largest absolute Gasteiger partial charge is 0.329 e. The molecule has 0 saturated carbocycles. The van der Waals surface area contributed by atoms with Gasteiger partial charge in [-0.15, -0.1) is 19.7 Å². The zero-order valence-corrected chi connectivity index (χ0v) is 13.4. The Hall–Kier alpha value is -1.80. The lowest BCUT2D eigenvalue weighted by atomic mass is 9.52. The lowest BCUT2D eigenvalue weighted by Crippen LogP contribution is -2.48. The van der Waals surface area contributed by atoms with E-state index in [2.05, 4.69) is 67.0 Å². The van der Waals surface area contributed by atoms with Gasteiger partial charge in [-0.2, -0.15) is 0 Å². The highest BCUT2D eigenvalue weighted by atomic mass is 15.1. The van der Waals surface area contributed by atoms with Crippen LogP contribution in [0, 0.1) is 0 Å². The minimum absolute atomic E-state index is 0.324. The average Bonchev–Trinajstić information content (AvgIpc) is 2.56. The van der Waals surface area contributed by atoms with E-state index in [0.717, 1.165) is 25.5 Å². The predicted octanol–water partition coefficient (Wildman–Crippen LogP) is 5.30. The second-order valence-electron chi connectivity index (χ2n) is 5.85. The SMILES string of the molecule is C=CCB(CC=C)N1[C@H](CC=C)CC=C[C@H]1c1ccccc1. The van der Waals surface area contributed by atoms with Crippen LogP contribution in [-0.4, -0.2) is 17.7 Å². The minimum Gasteiger partial charge on any atom is -0.329 e. The van der Waals surface area contributed by atoms with E-state index in [1.807, 2.05) is 18.2 Å². The smallest absolute Gasteiger partial charge is 0.231 e. The van der Waals surface area contributed by atoms with Crippen LogP contribution < -0.4 is 0 Å². The Balaban J connectivity index is 2.37. The van der Waals surface area contributed by atoms with Crippen LogP contribution in [0.2, 0.25) is 12.6 Å². The zero-order chi connectivity index (χ0) is 15.8. The maximum absolute atomic E-state index is 3.95. The first kappa shape index (κ1) is 16.6. The van der Waals surface area contributed by atoms with Crippen molar-refractivity contribution in [1.82, 2.24) is 4.81 Å². The van der Waals surface area contributed by atoms with Gasteiger partial charge in [0.15, 0.2) is 0 Å². The van der Waals surface area contributed by atoms with E-state index in [9.17, 15) is 0 Å². The van der Waals surface area contributed by atoms with Crippen molar-refractivity contribution in [3.8, 4) is 0 Å². The molecule has 1 aromatic carbocycles. The lowest BCUT2D eigenvalue weighted by Gasteiger charge is -2.43. The third kappa shape index (κ3) is 3.89. The molecule has 1 heterocycles. The van der Waals surface area contributed by atoms with Gasteiger partial charge in [0.2, 0.25) is 6.85 Å². The highest BCUT2D eigenvalue weighted by molar-refractivity contribution is 6.57.